The van der Waals surface area contributed by atoms with Gasteiger partial charge in [-0.05, 0) is 29.5 Å². The van der Waals surface area contributed by atoms with Gasteiger partial charge in [0.05, 0.1) is 0 Å². The van der Waals surface area contributed by atoms with Gasteiger partial charge < -0.3 is 0 Å². The third-order valence-electron chi connectivity index (χ3n) is 3.07. The van der Waals surface area contributed by atoms with Crippen LogP contribution in [0, 0.1) is 0 Å². The van der Waals surface area contributed by atoms with Gasteiger partial charge in [0.25, 0.3) is 0 Å². The standard InChI is InChI=1S/C18H20/c1-2-9-17-13-6-7-14-18(17)15-8-12-16-10-4-3-5-11-16/h3-8,10-11,13-15H,2,9,12H2,1H3/b15-8+. The molecule has 0 aliphatic rings. The summed E-state index contributed by atoms with van der Waals surface area (Å²) in [5.41, 5.74) is 4.17. The molecule has 0 radical (unpaired) electrons. The molecule has 2 aromatic carbocycles. The smallest absolute Gasteiger partial charge is 0.00941 e. The Hall–Kier alpha value is -1.82. The molecule has 0 nitrogen and oxygen atoms in total. The predicted octanol–water partition coefficient (Wildman–Crippen LogP) is 4.90. The van der Waals surface area contributed by atoms with Crippen LogP contribution in [0.15, 0.2) is 60.7 Å². The van der Waals surface area contributed by atoms with Crippen molar-refractivity contribution in [2.75, 3.05) is 0 Å². The Balaban J connectivity index is 2.05. The molecule has 0 unspecified atom stereocenters. The molecule has 0 heteroatoms. The highest BCUT2D eigenvalue weighted by molar-refractivity contribution is 5.54. The molecule has 0 aliphatic heterocycles. The van der Waals surface area contributed by atoms with E-state index in [2.05, 4.69) is 73.7 Å². The molecular weight excluding hydrogens is 216 g/mol. The summed E-state index contributed by atoms with van der Waals surface area (Å²) in [6, 6.07) is 19.2. The predicted molar refractivity (Wildman–Crippen MR) is 79.6 cm³/mol. The van der Waals surface area contributed by atoms with E-state index in [9.17, 15) is 0 Å². The second-order valence-electron chi connectivity index (χ2n) is 4.54. The molecule has 0 saturated carbocycles. The molecule has 0 amide bonds. The molecule has 0 spiro atoms. The van der Waals surface area contributed by atoms with Gasteiger partial charge in [0.2, 0.25) is 0 Å². The van der Waals surface area contributed by atoms with Crippen LogP contribution in [0.2, 0.25) is 0 Å². The van der Waals surface area contributed by atoms with Crippen molar-refractivity contribution in [3.05, 3.63) is 77.4 Å². The van der Waals surface area contributed by atoms with Crippen LogP contribution in [0.1, 0.15) is 30.0 Å². The van der Waals surface area contributed by atoms with Crippen molar-refractivity contribution in [3.8, 4) is 0 Å². The van der Waals surface area contributed by atoms with E-state index in [4.69, 9.17) is 0 Å². The minimum atomic E-state index is 1.00. The maximum atomic E-state index is 2.25. The van der Waals surface area contributed by atoms with E-state index in [1.54, 1.807) is 0 Å². The highest BCUT2D eigenvalue weighted by Gasteiger charge is 1.96. The molecule has 0 aromatic heterocycles. The first kappa shape index (κ1) is 12.6. The van der Waals surface area contributed by atoms with Gasteiger partial charge in [0.1, 0.15) is 0 Å². The van der Waals surface area contributed by atoms with Crippen LogP contribution in [-0.2, 0) is 12.8 Å². The highest BCUT2D eigenvalue weighted by atomic mass is 14.0. The second-order valence-corrected chi connectivity index (χ2v) is 4.54. The molecule has 18 heavy (non-hydrogen) atoms. The van der Waals surface area contributed by atoms with Gasteiger partial charge in [-0.25, -0.2) is 0 Å². The van der Waals surface area contributed by atoms with Crippen molar-refractivity contribution in [2.24, 2.45) is 0 Å². The zero-order valence-electron chi connectivity index (χ0n) is 11.0. The fourth-order valence-corrected chi connectivity index (χ4v) is 2.13. The average Bonchev–Trinajstić information content (AvgIpc) is 2.42. The molecule has 2 rings (SSSR count). The average molecular weight is 236 g/mol. The van der Waals surface area contributed by atoms with Crippen molar-refractivity contribution < 1.29 is 0 Å². The molecule has 0 bridgehead atoms. The molecule has 0 heterocycles. The maximum Gasteiger partial charge on any atom is -0.00941 e. The fourth-order valence-electron chi connectivity index (χ4n) is 2.13. The third kappa shape index (κ3) is 3.59. The Morgan fingerprint density at radius 3 is 2.39 bits per heavy atom. The Morgan fingerprint density at radius 2 is 1.61 bits per heavy atom. The first-order valence-corrected chi connectivity index (χ1v) is 6.68. The number of hydrogen-bond donors (Lipinski definition) is 0. The van der Waals surface area contributed by atoms with E-state index < -0.39 is 0 Å². The molecule has 0 fully saturated rings. The quantitative estimate of drug-likeness (QED) is 0.693. The molecular formula is C18H20. The molecule has 0 atom stereocenters. The number of allylic oxidation sites excluding steroid dienone is 1. The van der Waals surface area contributed by atoms with Crippen molar-refractivity contribution in [1.82, 2.24) is 0 Å². The van der Waals surface area contributed by atoms with Gasteiger partial charge in [-0.3, -0.25) is 0 Å². The summed E-state index contributed by atoms with van der Waals surface area (Å²) in [5.74, 6) is 0. The molecule has 92 valence electrons. The fraction of sp³-hybridized carbons (Fsp3) is 0.222. The van der Waals surface area contributed by atoms with E-state index in [1.807, 2.05) is 0 Å². The maximum absolute atomic E-state index is 2.25. The van der Waals surface area contributed by atoms with Gasteiger partial charge in [-0.2, -0.15) is 0 Å². The van der Waals surface area contributed by atoms with Crippen LogP contribution in [0.3, 0.4) is 0 Å². The van der Waals surface area contributed by atoms with Gasteiger partial charge in [0, 0.05) is 0 Å². The topological polar surface area (TPSA) is 0 Å². The highest BCUT2D eigenvalue weighted by Crippen LogP contribution is 2.13. The van der Waals surface area contributed by atoms with E-state index in [0.717, 1.165) is 12.8 Å². The molecule has 0 saturated heterocycles. The summed E-state index contributed by atoms with van der Waals surface area (Å²) in [4.78, 5) is 0. The second kappa shape index (κ2) is 6.80. The summed E-state index contributed by atoms with van der Waals surface area (Å²) in [6.07, 6.45) is 7.86. The van der Waals surface area contributed by atoms with Crippen LogP contribution in [0.25, 0.3) is 6.08 Å². The molecule has 0 aliphatic carbocycles. The minimum Gasteiger partial charge on any atom is -0.0795 e. The van der Waals surface area contributed by atoms with Gasteiger partial charge >= 0.3 is 0 Å². The Kier molecular flexibility index (Phi) is 4.78. The summed E-state index contributed by atoms with van der Waals surface area (Å²) in [6.45, 7) is 2.23. The lowest BCUT2D eigenvalue weighted by Crippen LogP contribution is -1.87. The zero-order chi connectivity index (χ0) is 12.6. The number of rotatable bonds is 5. The summed E-state index contributed by atoms with van der Waals surface area (Å²) >= 11 is 0. The lowest BCUT2D eigenvalue weighted by atomic mass is 10.0. The van der Waals surface area contributed by atoms with Crippen LogP contribution < -0.4 is 0 Å². The molecule has 0 N–H and O–H groups in total. The summed E-state index contributed by atoms with van der Waals surface area (Å²) in [5, 5.41) is 0. The van der Waals surface area contributed by atoms with Crippen molar-refractivity contribution in [2.45, 2.75) is 26.2 Å². The minimum absolute atomic E-state index is 1.00. The third-order valence-corrected chi connectivity index (χ3v) is 3.07. The summed E-state index contributed by atoms with van der Waals surface area (Å²) < 4.78 is 0. The van der Waals surface area contributed by atoms with Gasteiger partial charge in [0.15, 0.2) is 0 Å². The lowest BCUT2D eigenvalue weighted by Gasteiger charge is -2.03. The molecule has 2 aromatic rings. The number of hydrogen-bond acceptors (Lipinski definition) is 0. The lowest BCUT2D eigenvalue weighted by molar-refractivity contribution is 0.919. The van der Waals surface area contributed by atoms with Crippen molar-refractivity contribution in [3.63, 3.8) is 0 Å². The van der Waals surface area contributed by atoms with Crippen LogP contribution >= 0.6 is 0 Å². The van der Waals surface area contributed by atoms with Crippen LogP contribution in [0.4, 0.5) is 0 Å². The first-order chi connectivity index (χ1) is 8.90. The van der Waals surface area contributed by atoms with E-state index in [1.165, 1.54) is 23.1 Å². The van der Waals surface area contributed by atoms with Crippen molar-refractivity contribution in [1.29, 1.82) is 0 Å². The monoisotopic (exact) mass is 236 g/mol. The van der Waals surface area contributed by atoms with E-state index >= 15 is 0 Å². The van der Waals surface area contributed by atoms with E-state index in [0.29, 0.717) is 0 Å². The Labute approximate surface area is 110 Å². The van der Waals surface area contributed by atoms with E-state index in [-0.39, 0.29) is 0 Å². The Morgan fingerprint density at radius 1 is 0.889 bits per heavy atom. The van der Waals surface area contributed by atoms with Gasteiger partial charge in [-0.1, -0.05) is 80.1 Å². The Bertz CT molecular complexity index is 494. The van der Waals surface area contributed by atoms with Crippen LogP contribution in [0.5, 0.6) is 0 Å². The summed E-state index contributed by atoms with van der Waals surface area (Å²) in [7, 11) is 0. The number of benzene rings is 2. The number of aryl methyl sites for hydroxylation is 1. The zero-order valence-corrected chi connectivity index (χ0v) is 11.0. The largest absolute Gasteiger partial charge is 0.0795 e. The van der Waals surface area contributed by atoms with Crippen LogP contribution in [-0.4, -0.2) is 0 Å². The first-order valence-electron chi connectivity index (χ1n) is 6.68. The van der Waals surface area contributed by atoms with Gasteiger partial charge in [-0.15, -0.1) is 0 Å². The SMILES string of the molecule is CCCc1ccccc1/C=C/Cc1ccccc1. The van der Waals surface area contributed by atoms with Crippen molar-refractivity contribution >= 4 is 6.08 Å². The normalized spacial score (nSPS) is 10.9.